The molecule has 1 aliphatic heterocycles. The number of carbonyl (C=O) groups excluding carboxylic acids is 1. The minimum atomic E-state index is -3.63. The van der Waals surface area contributed by atoms with Crippen molar-refractivity contribution in [3.8, 4) is 0 Å². The number of anilines is 1. The fraction of sp³-hybridized carbons (Fsp3) is 0.316. The molecule has 0 aliphatic carbocycles. The third kappa shape index (κ3) is 3.32. The maximum absolute atomic E-state index is 12.9. The third-order valence-electron chi connectivity index (χ3n) is 4.52. The highest BCUT2D eigenvalue weighted by Crippen LogP contribution is 2.38. The van der Waals surface area contributed by atoms with Gasteiger partial charge in [0.15, 0.2) is 0 Å². The molecule has 0 bridgehead atoms. The monoisotopic (exact) mass is 358 g/mol. The van der Waals surface area contributed by atoms with E-state index >= 15 is 0 Å². The molecule has 0 fully saturated rings. The van der Waals surface area contributed by atoms with E-state index in [1.165, 1.54) is 4.31 Å². The van der Waals surface area contributed by atoms with E-state index in [1.54, 1.807) is 25.2 Å². The van der Waals surface area contributed by atoms with E-state index in [9.17, 15) is 13.2 Å². The zero-order valence-corrected chi connectivity index (χ0v) is 15.4. The Kier molecular flexibility index (Phi) is 4.67. The summed E-state index contributed by atoms with van der Waals surface area (Å²) in [5.41, 5.74) is 2.38. The van der Waals surface area contributed by atoms with Crippen molar-refractivity contribution >= 4 is 21.6 Å². The molecule has 1 amide bonds. The molecule has 1 N–H and O–H groups in total. The molecule has 0 saturated heterocycles. The van der Waals surface area contributed by atoms with E-state index in [1.807, 2.05) is 44.2 Å². The van der Waals surface area contributed by atoms with Crippen LogP contribution in [0.5, 0.6) is 0 Å². The summed E-state index contributed by atoms with van der Waals surface area (Å²) >= 11 is 0. The number of hydrogen-bond acceptors (Lipinski definition) is 3. The third-order valence-corrected chi connectivity index (χ3v) is 6.32. The lowest BCUT2D eigenvalue weighted by Crippen LogP contribution is -2.26. The molecular formula is C19H22N2O3S. The normalized spacial score (nSPS) is 17.0. The van der Waals surface area contributed by atoms with Gasteiger partial charge in [-0.1, -0.05) is 44.2 Å². The summed E-state index contributed by atoms with van der Waals surface area (Å²) in [6.45, 7) is 4.22. The molecule has 6 heteroatoms. The zero-order chi connectivity index (χ0) is 18.2. The first kappa shape index (κ1) is 17.6. The molecule has 0 unspecified atom stereocenters. The number of sulfonamides is 1. The minimum absolute atomic E-state index is 0.0720. The van der Waals surface area contributed by atoms with Gasteiger partial charge in [0.05, 0.1) is 10.8 Å². The molecule has 2 aromatic rings. The topological polar surface area (TPSA) is 66.5 Å². The Morgan fingerprint density at radius 1 is 1.12 bits per heavy atom. The standard InChI is InChI=1S/C19H22N2O3S/c1-13(2)18-16-11-15(9-10-17(16)20-19(18)22)25(23,24)21(3)12-14-7-5-4-6-8-14/h4-11,13,18H,12H2,1-3H3,(H,20,22)/t18-/m0/s1. The lowest BCUT2D eigenvalue weighted by atomic mass is 9.90. The van der Waals surface area contributed by atoms with Crippen molar-refractivity contribution in [2.75, 3.05) is 12.4 Å². The highest BCUT2D eigenvalue weighted by atomic mass is 32.2. The van der Waals surface area contributed by atoms with Crippen LogP contribution in [-0.2, 0) is 21.4 Å². The highest BCUT2D eigenvalue weighted by Gasteiger charge is 2.34. The molecule has 0 saturated carbocycles. The van der Waals surface area contributed by atoms with Crippen molar-refractivity contribution in [1.82, 2.24) is 4.31 Å². The van der Waals surface area contributed by atoms with Crippen LogP contribution in [0.25, 0.3) is 0 Å². The molecule has 132 valence electrons. The van der Waals surface area contributed by atoms with Crippen LogP contribution in [0.4, 0.5) is 5.69 Å². The number of nitrogens with zero attached hydrogens (tertiary/aromatic N) is 1. The number of amides is 1. The second-order valence-electron chi connectivity index (χ2n) is 6.71. The van der Waals surface area contributed by atoms with Crippen molar-refractivity contribution in [2.45, 2.75) is 31.2 Å². The average Bonchev–Trinajstić information content (AvgIpc) is 2.90. The number of fused-ring (bicyclic) bond motifs is 1. The first-order valence-corrected chi connectivity index (χ1v) is 9.70. The summed E-state index contributed by atoms with van der Waals surface area (Å²) in [5, 5.41) is 2.83. The summed E-state index contributed by atoms with van der Waals surface area (Å²) in [7, 11) is -2.06. The van der Waals surface area contributed by atoms with Gasteiger partial charge >= 0.3 is 0 Å². The second kappa shape index (κ2) is 6.61. The molecule has 1 heterocycles. The van der Waals surface area contributed by atoms with Gasteiger partial charge in [-0.15, -0.1) is 0 Å². The van der Waals surface area contributed by atoms with E-state index in [-0.39, 0.29) is 22.6 Å². The Morgan fingerprint density at radius 3 is 2.44 bits per heavy atom. The largest absolute Gasteiger partial charge is 0.325 e. The van der Waals surface area contributed by atoms with Crippen LogP contribution in [0, 0.1) is 5.92 Å². The summed E-state index contributed by atoms with van der Waals surface area (Å²) in [6, 6.07) is 14.3. The first-order valence-electron chi connectivity index (χ1n) is 8.26. The van der Waals surface area contributed by atoms with E-state index in [2.05, 4.69) is 5.32 Å². The van der Waals surface area contributed by atoms with Gasteiger partial charge in [-0.2, -0.15) is 4.31 Å². The van der Waals surface area contributed by atoms with Gasteiger partial charge in [0.25, 0.3) is 0 Å². The Balaban J connectivity index is 1.92. The maximum atomic E-state index is 12.9. The molecule has 0 aromatic heterocycles. The molecule has 3 rings (SSSR count). The Bertz CT molecular complexity index is 892. The van der Waals surface area contributed by atoms with Crippen LogP contribution >= 0.6 is 0 Å². The SMILES string of the molecule is CC(C)[C@@H]1C(=O)Nc2ccc(S(=O)(=O)N(C)Cc3ccccc3)cc21. The van der Waals surface area contributed by atoms with Crippen LogP contribution in [-0.4, -0.2) is 25.7 Å². The Hall–Kier alpha value is -2.18. The van der Waals surface area contributed by atoms with Gasteiger partial charge in [-0.25, -0.2) is 8.42 Å². The van der Waals surface area contributed by atoms with Crippen LogP contribution in [0.15, 0.2) is 53.4 Å². The van der Waals surface area contributed by atoms with Crippen molar-refractivity contribution < 1.29 is 13.2 Å². The van der Waals surface area contributed by atoms with Crippen LogP contribution in [0.1, 0.15) is 30.9 Å². The molecule has 5 nitrogen and oxygen atoms in total. The number of carbonyl (C=O) groups is 1. The van der Waals surface area contributed by atoms with Crippen molar-refractivity contribution in [2.24, 2.45) is 5.92 Å². The van der Waals surface area contributed by atoms with Crippen molar-refractivity contribution in [3.05, 3.63) is 59.7 Å². The lowest BCUT2D eigenvalue weighted by molar-refractivity contribution is -0.117. The summed E-state index contributed by atoms with van der Waals surface area (Å²) in [6.07, 6.45) is 0. The Labute approximate surface area is 148 Å². The summed E-state index contributed by atoms with van der Waals surface area (Å²) in [4.78, 5) is 12.4. The second-order valence-corrected chi connectivity index (χ2v) is 8.75. The van der Waals surface area contributed by atoms with E-state index in [0.29, 0.717) is 12.2 Å². The fourth-order valence-corrected chi connectivity index (χ4v) is 4.39. The minimum Gasteiger partial charge on any atom is -0.325 e. The maximum Gasteiger partial charge on any atom is 0.243 e. The first-order chi connectivity index (χ1) is 11.8. The predicted molar refractivity (Wildman–Crippen MR) is 97.7 cm³/mol. The van der Waals surface area contributed by atoms with Gasteiger partial charge in [0, 0.05) is 19.3 Å². The van der Waals surface area contributed by atoms with Gasteiger partial charge < -0.3 is 5.32 Å². The number of hydrogen-bond donors (Lipinski definition) is 1. The molecule has 2 aromatic carbocycles. The van der Waals surface area contributed by atoms with Crippen LogP contribution in [0.3, 0.4) is 0 Å². The lowest BCUT2D eigenvalue weighted by Gasteiger charge is -2.19. The molecule has 1 atom stereocenters. The van der Waals surface area contributed by atoms with Gasteiger partial charge in [0.2, 0.25) is 15.9 Å². The van der Waals surface area contributed by atoms with Gasteiger partial charge in [-0.05, 0) is 35.2 Å². The smallest absolute Gasteiger partial charge is 0.243 e. The summed E-state index contributed by atoms with van der Waals surface area (Å²) < 4.78 is 27.2. The Morgan fingerprint density at radius 2 is 1.80 bits per heavy atom. The molecule has 1 aliphatic rings. The van der Waals surface area contributed by atoms with E-state index < -0.39 is 10.0 Å². The molecule has 0 spiro atoms. The number of benzene rings is 2. The summed E-state index contributed by atoms with van der Waals surface area (Å²) in [5.74, 6) is -0.289. The molecule has 0 radical (unpaired) electrons. The van der Waals surface area contributed by atoms with Crippen molar-refractivity contribution in [1.29, 1.82) is 0 Å². The van der Waals surface area contributed by atoms with Crippen LogP contribution < -0.4 is 5.32 Å². The van der Waals surface area contributed by atoms with Gasteiger partial charge in [-0.3, -0.25) is 4.79 Å². The average molecular weight is 358 g/mol. The number of nitrogens with one attached hydrogen (secondary N) is 1. The molecular weight excluding hydrogens is 336 g/mol. The van der Waals surface area contributed by atoms with Crippen molar-refractivity contribution in [3.63, 3.8) is 0 Å². The highest BCUT2D eigenvalue weighted by molar-refractivity contribution is 7.89. The molecule has 25 heavy (non-hydrogen) atoms. The van der Waals surface area contributed by atoms with Crippen LogP contribution in [0.2, 0.25) is 0 Å². The zero-order valence-electron chi connectivity index (χ0n) is 14.6. The predicted octanol–water partition coefficient (Wildman–Crippen LogP) is 3.20. The van der Waals surface area contributed by atoms with E-state index in [0.717, 1.165) is 11.1 Å². The number of rotatable bonds is 5. The van der Waals surface area contributed by atoms with E-state index in [4.69, 9.17) is 0 Å². The fourth-order valence-electron chi connectivity index (χ4n) is 3.19. The van der Waals surface area contributed by atoms with Gasteiger partial charge in [0.1, 0.15) is 0 Å². The quantitative estimate of drug-likeness (QED) is 0.892.